The van der Waals surface area contributed by atoms with Crippen molar-refractivity contribution in [1.82, 2.24) is 14.2 Å². The number of nitrogens with one attached hydrogen (secondary N) is 2. The molecular weight excluding hydrogens is 310 g/mol. The highest BCUT2D eigenvalue weighted by atomic mass is 32.1. The molecule has 114 valence electrons. The smallest absolute Gasteiger partial charge is 0.304 e. The highest BCUT2D eigenvalue weighted by molar-refractivity contribution is 7.00. The van der Waals surface area contributed by atoms with Gasteiger partial charge in [-0.25, -0.2) is 10.2 Å². The normalized spacial score (nSPS) is 11.3. The number of rotatable bonds is 4. The second kappa shape index (κ2) is 7.28. The van der Waals surface area contributed by atoms with E-state index in [0.29, 0.717) is 11.2 Å². The summed E-state index contributed by atoms with van der Waals surface area (Å²) in [6.07, 6.45) is 5.16. The van der Waals surface area contributed by atoms with E-state index in [1.807, 2.05) is 48.5 Å². The summed E-state index contributed by atoms with van der Waals surface area (Å²) in [5, 5.41) is 6.54. The fraction of sp³-hybridized carbons (Fsp3) is 0. The number of fused-ring (bicyclic) bond motifs is 1. The van der Waals surface area contributed by atoms with Gasteiger partial charge in [-0.05, 0) is 23.8 Å². The molecule has 1 aromatic heterocycles. The highest BCUT2D eigenvalue weighted by Crippen LogP contribution is 2.20. The number of hydrogen-bond donors (Lipinski definition) is 2. The maximum atomic E-state index is 11.8. The van der Waals surface area contributed by atoms with Gasteiger partial charge in [-0.3, -0.25) is 0 Å². The number of hydrogen-bond acceptors (Lipinski definition) is 5. The molecule has 2 N–H and O–H groups in total. The topological polar surface area (TPSA) is 79.3 Å². The second-order valence-electron chi connectivity index (χ2n) is 4.55. The molecule has 0 atom stereocenters. The van der Waals surface area contributed by atoms with Crippen LogP contribution in [0.1, 0.15) is 5.56 Å². The Morgan fingerprint density at radius 1 is 1.09 bits per heavy atom. The van der Waals surface area contributed by atoms with E-state index in [0.717, 1.165) is 22.8 Å². The molecule has 7 heteroatoms. The van der Waals surface area contributed by atoms with Crippen molar-refractivity contribution >= 4 is 46.8 Å². The van der Waals surface area contributed by atoms with Crippen molar-refractivity contribution in [2.24, 2.45) is 5.10 Å². The Labute approximate surface area is 136 Å². The van der Waals surface area contributed by atoms with Crippen LogP contribution in [0.3, 0.4) is 0 Å². The molecule has 0 saturated carbocycles. The zero-order valence-electron chi connectivity index (χ0n) is 12.0. The molecule has 2 amide bonds. The number of carbonyl (C=O) groups is 1. The zero-order chi connectivity index (χ0) is 15.9. The Morgan fingerprint density at radius 2 is 1.96 bits per heavy atom. The first kappa shape index (κ1) is 14.9. The fourth-order valence-electron chi connectivity index (χ4n) is 1.91. The molecule has 0 radical (unpaired) electrons. The van der Waals surface area contributed by atoms with Crippen LogP contribution in [0.2, 0.25) is 0 Å². The number of benzene rings is 2. The standard InChI is InChI=1S/C16H13N5OS/c22-16(18-13-9-4-10-14-15(13)21-23-20-14)19-17-11-5-8-12-6-2-1-3-7-12/h1-11H,(H2,18,19,22). The van der Waals surface area contributed by atoms with Crippen LogP contribution >= 0.6 is 11.7 Å². The Hall–Kier alpha value is -3.06. The van der Waals surface area contributed by atoms with Crippen molar-refractivity contribution in [2.45, 2.75) is 0 Å². The molecule has 0 unspecified atom stereocenters. The molecule has 0 aliphatic carbocycles. The first-order valence-corrected chi connectivity index (χ1v) is 7.59. The van der Waals surface area contributed by atoms with Crippen LogP contribution in [0.5, 0.6) is 0 Å². The van der Waals surface area contributed by atoms with E-state index in [1.54, 1.807) is 12.1 Å². The zero-order valence-corrected chi connectivity index (χ0v) is 12.8. The van der Waals surface area contributed by atoms with Gasteiger partial charge in [0.05, 0.1) is 17.4 Å². The van der Waals surface area contributed by atoms with E-state index in [1.165, 1.54) is 6.21 Å². The quantitative estimate of drug-likeness (QED) is 0.569. The molecule has 0 aliphatic rings. The van der Waals surface area contributed by atoms with E-state index in [9.17, 15) is 4.79 Å². The van der Waals surface area contributed by atoms with E-state index in [4.69, 9.17) is 0 Å². The average molecular weight is 323 g/mol. The second-order valence-corrected chi connectivity index (χ2v) is 5.08. The van der Waals surface area contributed by atoms with Crippen LogP contribution in [0, 0.1) is 0 Å². The van der Waals surface area contributed by atoms with Gasteiger partial charge in [0.1, 0.15) is 11.0 Å². The van der Waals surface area contributed by atoms with Crippen molar-refractivity contribution in [3.05, 3.63) is 60.2 Å². The third-order valence-corrected chi connectivity index (χ3v) is 3.49. The Bertz CT molecular complexity index is 857. The summed E-state index contributed by atoms with van der Waals surface area (Å²) < 4.78 is 8.28. The molecule has 0 bridgehead atoms. The molecule has 0 saturated heterocycles. The van der Waals surface area contributed by atoms with Gasteiger partial charge in [-0.15, -0.1) is 0 Å². The summed E-state index contributed by atoms with van der Waals surface area (Å²) in [6.45, 7) is 0. The predicted octanol–water partition coefficient (Wildman–Crippen LogP) is 3.51. The van der Waals surface area contributed by atoms with Gasteiger partial charge in [0.2, 0.25) is 0 Å². The van der Waals surface area contributed by atoms with Gasteiger partial charge < -0.3 is 5.32 Å². The predicted molar refractivity (Wildman–Crippen MR) is 93.5 cm³/mol. The molecule has 3 aromatic rings. The van der Waals surface area contributed by atoms with Gasteiger partial charge in [0.15, 0.2) is 0 Å². The van der Waals surface area contributed by atoms with E-state index < -0.39 is 6.03 Å². The number of urea groups is 1. The SMILES string of the molecule is O=C(NN=CC=Cc1ccccc1)Nc1cccc2nsnc12. The molecule has 1 heterocycles. The summed E-state index contributed by atoms with van der Waals surface area (Å²) in [7, 11) is 0. The molecule has 23 heavy (non-hydrogen) atoms. The van der Waals surface area contributed by atoms with Crippen molar-refractivity contribution in [1.29, 1.82) is 0 Å². The molecule has 3 rings (SSSR count). The van der Waals surface area contributed by atoms with Gasteiger partial charge >= 0.3 is 6.03 Å². The third kappa shape index (κ3) is 3.98. The highest BCUT2D eigenvalue weighted by Gasteiger charge is 2.07. The fourth-order valence-corrected chi connectivity index (χ4v) is 2.46. The summed E-state index contributed by atoms with van der Waals surface area (Å²) >= 11 is 1.11. The van der Waals surface area contributed by atoms with Crippen molar-refractivity contribution in [3.8, 4) is 0 Å². The van der Waals surface area contributed by atoms with Crippen LogP contribution in [0.25, 0.3) is 17.1 Å². The minimum absolute atomic E-state index is 0.435. The minimum atomic E-state index is -0.435. The van der Waals surface area contributed by atoms with Gasteiger partial charge in [0.25, 0.3) is 0 Å². The summed E-state index contributed by atoms with van der Waals surface area (Å²) in [6, 6.07) is 14.8. The lowest BCUT2D eigenvalue weighted by atomic mass is 10.2. The third-order valence-electron chi connectivity index (χ3n) is 2.95. The number of nitrogens with zero attached hydrogens (tertiary/aromatic N) is 3. The van der Waals surface area contributed by atoms with E-state index >= 15 is 0 Å². The van der Waals surface area contributed by atoms with Crippen LogP contribution in [-0.2, 0) is 0 Å². The molecule has 2 aromatic carbocycles. The number of aromatic nitrogens is 2. The first-order chi connectivity index (χ1) is 11.3. The molecular formula is C16H13N5OS. The van der Waals surface area contributed by atoms with Gasteiger partial charge in [-0.1, -0.05) is 42.5 Å². The average Bonchev–Trinajstić information content (AvgIpc) is 3.05. The first-order valence-electron chi connectivity index (χ1n) is 6.86. The number of carbonyl (C=O) groups excluding carboxylic acids is 1. The van der Waals surface area contributed by atoms with Crippen molar-refractivity contribution in [2.75, 3.05) is 5.32 Å². The Balaban J connectivity index is 1.54. The molecule has 0 aliphatic heterocycles. The lowest BCUT2D eigenvalue weighted by molar-refractivity contribution is 0.252. The minimum Gasteiger partial charge on any atom is -0.304 e. The van der Waals surface area contributed by atoms with Crippen LogP contribution in [-0.4, -0.2) is 21.0 Å². The van der Waals surface area contributed by atoms with Crippen LogP contribution < -0.4 is 10.7 Å². The molecule has 6 nitrogen and oxygen atoms in total. The summed E-state index contributed by atoms with van der Waals surface area (Å²) in [5.74, 6) is 0. The van der Waals surface area contributed by atoms with E-state index in [-0.39, 0.29) is 0 Å². The molecule has 0 fully saturated rings. The van der Waals surface area contributed by atoms with Gasteiger partial charge in [-0.2, -0.15) is 13.8 Å². The van der Waals surface area contributed by atoms with Crippen LogP contribution in [0.4, 0.5) is 10.5 Å². The van der Waals surface area contributed by atoms with Crippen molar-refractivity contribution < 1.29 is 4.79 Å². The number of hydrazone groups is 1. The maximum Gasteiger partial charge on any atom is 0.339 e. The summed E-state index contributed by atoms with van der Waals surface area (Å²) in [5.41, 5.74) is 5.48. The number of amides is 2. The lowest BCUT2D eigenvalue weighted by Gasteiger charge is -2.03. The Morgan fingerprint density at radius 3 is 2.83 bits per heavy atom. The Kier molecular flexibility index (Phi) is 4.70. The lowest BCUT2D eigenvalue weighted by Crippen LogP contribution is -2.24. The number of anilines is 1. The van der Waals surface area contributed by atoms with Crippen molar-refractivity contribution in [3.63, 3.8) is 0 Å². The maximum absolute atomic E-state index is 11.8. The van der Waals surface area contributed by atoms with E-state index in [2.05, 4.69) is 24.6 Å². The van der Waals surface area contributed by atoms with Crippen LogP contribution in [0.15, 0.2) is 59.7 Å². The monoisotopic (exact) mass is 323 g/mol. The molecule has 0 spiro atoms. The van der Waals surface area contributed by atoms with Gasteiger partial charge in [0, 0.05) is 6.21 Å². The largest absolute Gasteiger partial charge is 0.339 e. The number of allylic oxidation sites excluding steroid dienone is 1. The summed E-state index contributed by atoms with van der Waals surface area (Å²) in [4.78, 5) is 11.8.